The zero-order valence-electron chi connectivity index (χ0n) is 10.9. The third-order valence-corrected chi connectivity index (χ3v) is 3.95. The Labute approximate surface area is 120 Å². The highest BCUT2D eigenvalue weighted by molar-refractivity contribution is 7.15. The number of hydrogen-bond acceptors (Lipinski definition) is 6. The van der Waals surface area contributed by atoms with Gasteiger partial charge in [-0.3, -0.25) is 9.69 Å². The molecule has 0 spiro atoms. The number of carbonyl (C=O) groups excluding carboxylic acids is 1. The number of aromatic nitrogens is 2. The standard InChI is InChI=1S/C13H15N5OS/c14-13-17-16-12(20-13)5-15-11(19)8-18-6-9-3-1-2-4-10(9)7-18/h1-4H,5-8H2,(H2,14,17)(H,15,19). The maximum atomic E-state index is 11.9. The van der Waals surface area contributed by atoms with Crippen LogP contribution in [0.15, 0.2) is 24.3 Å². The lowest BCUT2D eigenvalue weighted by Gasteiger charge is -2.13. The molecule has 1 aromatic carbocycles. The molecule has 0 atom stereocenters. The second kappa shape index (κ2) is 5.56. The number of fused-ring (bicyclic) bond motifs is 1. The van der Waals surface area contributed by atoms with Gasteiger partial charge >= 0.3 is 0 Å². The highest BCUT2D eigenvalue weighted by Crippen LogP contribution is 2.21. The van der Waals surface area contributed by atoms with Crippen molar-refractivity contribution in [2.24, 2.45) is 0 Å². The summed E-state index contributed by atoms with van der Waals surface area (Å²) in [6, 6.07) is 8.28. The van der Waals surface area contributed by atoms with Crippen LogP contribution in [-0.4, -0.2) is 27.5 Å². The van der Waals surface area contributed by atoms with Crippen LogP contribution in [0.25, 0.3) is 0 Å². The van der Waals surface area contributed by atoms with Gasteiger partial charge in [0, 0.05) is 13.1 Å². The topological polar surface area (TPSA) is 84.1 Å². The van der Waals surface area contributed by atoms with Gasteiger partial charge in [0.05, 0.1) is 13.1 Å². The number of amides is 1. The van der Waals surface area contributed by atoms with Gasteiger partial charge in [-0.05, 0) is 11.1 Å². The third kappa shape index (κ3) is 2.94. The predicted octanol–water partition coefficient (Wildman–Crippen LogP) is 0.752. The van der Waals surface area contributed by atoms with Crippen LogP contribution in [0.2, 0.25) is 0 Å². The van der Waals surface area contributed by atoms with Crippen molar-refractivity contribution in [2.75, 3.05) is 12.3 Å². The first-order chi connectivity index (χ1) is 9.70. The van der Waals surface area contributed by atoms with Gasteiger partial charge in [0.15, 0.2) is 0 Å². The first-order valence-corrected chi connectivity index (χ1v) is 7.16. The second-order valence-electron chi connectivity index (χ2n) is 4.72. The maximum Gasteiger partial charge on any atom is 0.234 e. The van der Waals surface area contributed by atoms with Crippen LogP contribution in [0.5, 0.6) is 0 Å². The highest BCUT2D eigenvalue weighted by Gasteiger charge is 2.20. The van der Waals surface area contributed by atoms with Crippen LogP contribution < -0.4 is 11.1 Å². The van der Waals surface area contributed by atoms with Gasteiger partial charge in [-0.15, -0.1) is 10.2 Å². The number of nitrogen functional groups attached to an aromatic ring is 1. The molecule has 104 valence electrons. The Morgan fingerprint density at radius 2 is 2.00 bits per heavy atom. The van der Waals surface area contributed by atoms with E-state index in [9.17, 15) is 4.79 Å². The van der Waals surface area contributed by atoms with Gasteiger partial charge in [0.2, 0.25) is 11.0 Å². The molecule has 6 nitrogen and oxygen atoms in total. The molecule has 1 amide bonds. The Bertz CT molecular complexity index is 602. The summed E-state index contributed by atoms with van der Waals surface area (Å²) >= 11 is 1.29. The molecule has 1 aromatic heterocycles. The minimum absolute atomic E-state index is 0.00780. The number of hydrogen-bond donors (Lipinski definition) is 2. The van der Waals surface area contributed by atoms with Gasteiger partial charge in [0.25, 0.3) is 0 Å². The van der Waals surface area contributed by atoms with Gasteiger partial charge < -0.3 is 11.1 Å². The maximum absolute atomic E-state index is 11.9. The van der Waals surface area contributed by atoms with Crippen LogP contribution in [0.3, 0.4) is 0 Å². The fourth-order valence-corrected chi connectivity index (χ4v) is 2.84. The van der Waals surface area contributed by atoms with E-state index in [0.717, 1.165) is 18.1 Å². The summed E-state index contributed by atoms with van der Waals surface area (Å²) in [6.07, 6.45) is 0. The minimum atomic E-state index is -0.00780. The molecule has 0 unspecified atom stereocenters. The van der Waals surface area contributed by atoms with Crippen LogP contribution in [-0.2, 0) is 24.4 Å². The van der Waals surface area contributed by atoms with Crippen molar-refractivity contribution >= 4 is 22.4 Å². The molecule has 1 aliphatic rings. The van der Waals surface area contributed by atoms with Crippen molar-refractivity contribution < 1.29 is 4.79 Å². The monoisotopic (exact) mass is 289 g/mol. The molecular weight excluding hydrogens is 274 g/mol. The first-order valence-electron chi connectivity index (χ1n) is 6.34. The van der Waals surface area contributed by atoms with Gasteiger partial charge in [-0.25, -0.2) is 0 Å². The van der Waals surface area contributed by atoms with E-state index in [0.29, 0.717) is 18.2 Å². The summed E-state index contributed by atoms with van der Waals surface area (Å²) in [5, 5.41) is 11.6. The van der Waals surface area contributed by atoms with Crippen molar-refractivity contribution in [1.82, 2.24) is 20.4 Å². The molecule has 2 heterocycles. The molecule has 0 saturated heterocycles. The van der Waals surface area contributed by atoms with E-state index >= 15 is 0 Å². The Balaban J connectivity index is 1.48. The van der Waals surface area contributed by atoms with Crippen molar-refractivity contribution in [3.63, 3.8) is 0 Å². The molecule has 2 aromatic rings. The number of carbonyl (C=O) groups is 1. The normalized spacial score (nSPS) is 14.2. The van der Waals surface area contributed by atoms with Gasteiger partial charge in [-0.2, -0.15) is 0 Å². The van der Waals surface area contributed by atoms with Crippen molar-refractivity contribution in [3.8, 4) is 0 Å². The molecule has 7 heteroatoms. The lowest BCUT2D eigenvalue weighted by molar-refractivity contribution is -0.122. The van der Waals surface area contributed by atoms with Crippen LogP contribution >= 0.6 is 11.3 Å². The summed E-state index contributed by atoms with van der Waals surface area (Å²) in [5.41, 5.74) is 8.10. The lowest BCUT2D eigenvalue weighted by atomic mass is 10.1. The van der Waals surface area contributed by atoms with Crippen molar-refractivity contribution in [3.05, 3.63) is 40.4 Å². The average molecular weight is 289 g/mol. The number of nitrogens with zero attached hydrogens (tertiary/aromatic N) is 3. The molecule has 0 radical (unpaired) electrons. The van der Waals surface area contributed by atoms with Crippen LogP contribution in [0.1, 0.15) is 16.1 Å². The van der Waals surface area contributed by atoms with E-state index in [1.807, 2.05) is 12.1 Å². The Hall–Kier alpha value is -1.99. The molecule has 0 bridgehead atoms. The number of rotatable bonds is 4. The molecule has 0 fully saturated rings. The average Bonchev–Trinajstić information content (AvgIpc) is 3.01. The Kier molecular flexibility index (Phi) is 3.62. The number of benzene rings is 1. The van der Waals surface area contributed by atoms with Crippen LogP contribution in [0, 0.1) is 0 Å². The zero-order valence-corrected chi connectivity index (χ0v) is 11.7. The molecule has 20 heavy (non-hydrogen) atoms. The fourth-order valence-electron chi connectivity index (χ4n) is 2.29. The van der Waals surface area contributed by atoms with Crippen molar-refractivity contribution in [2.45, 2.75) is 19.6 Å². The van der Waals surface area contributed by atoms with E-state index in [1.165, 1.54) is 22.5 Å². The van der Waals surface area contributed by atoms with E-state index < -0.39 is 0 Å². The zero-order chi connectivity index (χ0) is 13.9. The smallest absolute Gasteiger partial charge is 0.234 e. The van der Waals surface area contributed by atoms with E-state index in [2.05, 4.69) is 32.5 Å². The van der Waals surface area contributed by atoms with Crippen molar-refractivity contribution in [1.29, 1.82) is 0 Å². The molecule has 3 N–H and O–H groups in total. The number of anilines is 1. The van der Waals surface area contributed by atoms with Gasteiger partial charge in [0.1, 0.15) is 5.01 Å². The minimum Gasteiger partial charge on any atom is -0.374 e. The van der Waals surface area contributed by atoms with E-state index in [-0.39, 0.29) is 5.91 Å². The number of nitrogens with one attached hydrogen (secondary N) is 1. The quantitative estimate of drug-likeness (QED) is 0.868. The summed E-state index contributed by atoms with van der Waals surface area (Å²) < 4.78 is 0. The summed E-state index contributed by atoms with van der Waals surface area (Å²) in [5.74, 6) is -0.00780. The summed E-state index contributed by atoms with van der Waals surface area (Å²) in [6.45, 7) is 2.43. The van der Waals surface area contributed by atoms with Gasteiger partial charge in [-0.1, -0.05) is 35.6 Å². The van der Waals surface area contributed by atoms with E-state index in [1.54, 1.807) is 0 Å². The molecular formula is C13H15N5OS. The summed E-state index contributed by atoms with van der Waals surface area (Å²) in [4.78, 5) is 14.0. The molecule has 0 aliphatic carbocycles. The third-order valence-electron chi connectivity index (χ3n) is 3.19. The Morgan fingerprint density at radius 3 is 2.60 bits per heavy atom. The molecule has 1 aliphatic heterocycles. The second-order valence-corrected chi connectivity index (χ2v) is 5.82. The molecule has 3 rings (SSSR count). The lowest BCUT2D eigenvalue weighted by Crippen LogP contribution is -2.34. The number of nitrogens with two attached hydrogens (primary N) is 1. The first kappa shape index (κ1) is 13.0. The summed E-state index contributed by atoms with van der Waals surface area (Å²) in [7, 11) is 0. The molecule has 0 saturated carbocycles. The SMILES string of the molecule is Nc1nnc(CNC(=O)CN2Cc3ccccc3C2)s1. The predicted molar refractivity (Wildman–Crippen MR) is 76.7 cm³/mol. The highest BCUT2D eigenvalue weighted by atomic mass is 32.1. The fraction of sp³-hybridized carbons (Fsp3) is 0.308. The largest absolute Gasteiger partial charge is 0.374 e. The van der Waals surface area contributed by atoms with Crippen LogP contribution in [0.4, 0.5) is 5.13 Å². The van der Waals surface area contributed by atoms with E-state index in [4.69, 9.17) is 5.73 Å². The Morgan fingerprint density at radius 1 is 1.30 bits per heavy atom.